The van der Waals surface area contributed by atoms with Crippen LogP contribution < -0.4 is 0 Å². The van der Waals surface area contributed by atoms with E-state index in [4.69, 9.17) is 4.74 Å². The Hall–Kier alpha value is -0.820. The van der Waals surface area contributed by atoms with Crippen LogP contribution in [0.1, 0.15) is 36.5 Å². The van der Waals surface area contributed by atoms with E-state index in [2.05, 4.69) is 25.1 Å². The number of ether oxygens (including phenoxy) is 1. The number of hydrogen-bond acceptors (Lipinski definition) is 1. The van der Waals surface area contributed by atoms with E-state index in [1.807, 2.05) is 0 Å². The van der Waals surface area contributed by atoms with Crippen molar-refractivity contribution in [2.24, 2.45) is 0 Å². The molecule has 1 heteroatoms. The Labute approximate surface area is 79.7 Å². The van der Waals surface area contributed by atoms with Gasteiger partial charge in [0.05, 0.1) is 13.2 Å². The number of unbranched alkanes of at least 4 members (excludes halogenated alkanes) is 1. The fourth-order valence-corrected chi connectivity index (χ4v) is 1.76. The smallest absolute Gasteiger partial charge is 0.0725 e. The standard InChI is InChI=1S/C12H16O/c1-2-3-4-10-5-6-11-8-13-9-12(11)7-10/h5-7H,2-4,8-9H2,1H3. The molecule has 13 heavy (non-hydrogen) atoms. The zero-order valence-electron chi connectivity index (χ0n) is 8.18. The highest BCUT2D eigenvalue weighted by Crippen LogP contribution is 2.21. The summed E-state index contributed by atoms with van der Waals surface area (Å²) in [5, 5.41) is 0. The van der Waals surface area contributed by atoms with Crippen LogP contribution in [0.5, 0.6) is 0 Å². The molecule has 0 amide bonds. The van der Waals surface area contributed by atoms with Crippen LogP contribution in [0.4, 0.5) is 0 Å². The first kappa shape index (κ1) is 8.76. The second-order valence-corrected chi connectivity index (χ2v) is 3.70. The molecule has 0 atom stereocenters. The van der Waals surface area contributed by atoms with Gasteiger partial charge in [0.15, 0.2) is 0 Å². The molecule has 0 aromatic heterocycles. The van der Waals surface area contributed by atoms with Gasteiger partial charge < -0.3 is 4.74 Å². The summed E-state index contributed by atoms with van der Waals surface area (Å²) in [4.78, 5) is 0. The van der Waals surface area contributed by atoms with E-state index in [0.29, 0.717) is 0 Å². The summed E-state index contributed by atoms with van der Waals surface area (Å²) in [6.45, 7) is 3.86. The van der Waals surface area contributed by atoms with Gasteiger partial charge in [-0.25, -0.2) is 0 Å². The molecule has 0 bridgehead atoms. The van der Waals surface area contributed by atoms with E-state index in [1.165, 1.54) is 36.0 Å². The highest BCUT2D eigenvalue weighted by molar-refractivity contribution is 5.33. The Kier molecular flexibility index (Phi) is 2.65. The summed E-state index contributed by atoms with van der Waals surface area (Å²) in [6, 6.07) is 6.76. The van der Waals surface area contributed by atoms with E-state index < -0.39 is 0 Å². The van der Waals surface area contributed by atoms with E-state index >= 15 is 0 Å². The zero-order chi connectivity index (χ0) is 9.10. The lowest BCUT2D eigenvalue weighted by Crippen LogP contribution is -1.88. The summed E-state index contributed by atoms with van der Waals surface area (Å²) in [7, 11) is 0. The van der Waals surface area contributed by atoms with Crippen molar-refractivity contribution in [1.29, 1.82) is 0 Å². The molecule has 0 N–H and O–H groups in total. The quantitative estimate of drug-likeness (QED) is 0.687. The Bertz CT molecular complexity index is 291. The van der Waals surface area contributed by atoms with Gasteiger partial charge in [-0.3, -0.25) is 0 Å². The predicted octanol–water partition coefficient (Wildman–Crippen LogP) is 3.06. The van der Waals surface area contributed by atoms with Crippen molar-refractivity contribution in [3.8, 4) is 0 Å². The number of aryl methyl sites for hydroxylation is 1. The third kappa shape index (κ3) is 1.92. The first-order valence-corrected chi connectivity index (χ1v) is 5.08. The predicted molar refractivity (Wildman–Crippen MR) is 53.5 cm³/mol. The number of rotatable bonds is 3. The lowest BCUT2D eigenvalue weighted by Gasteiger charge is -2.02. The van der Waals surface area contributed by atoms with Crippen LogP contribution in [0.25, 0.3) is 0 Å². The van der Waals surface area contributed by atoms with Gasteiger partial charge in [0.1, 0.15) is 0 Å². The van der Waals surface area contributed by atoms with Crippen LogP contribution in [-0.4, -0.2) is 0 Å². The molecule has 0 spiro atoms. The first-order chi connectivity index (χ1) is 6.40. The van der Waals surface area contributed by atoms with E-state index in [1.54, 1.807) is 0 Å². The van der Waals surface area contributed by atoms with Crippen molar-refractivity contribution >= 4 is 0 Å². The summed E-state index contributed by atoms with van der Waals surface area (Å²) in [5.74, 6) is 0. The van der Waals surface area contributed by atoms with E-state index in [0.717, 1.165) is 13.2 Å². The SMILES string of the molecule is CCCCc1ccc2c(c1)COC2. The molecule has 70 valence electrons. The minimum absolute atomic E-state index is 0.809. The van der Waals surface area contributed by atoms with Gasteiger partial charge in [0.25, 0.3) is 0 Å². The molecule has 1 heterocycles. The maximum atomic E-state index is 5.37. The molecular weight excluding hydrogens is 160 g/mol. The second-order valence-electron chi connectivity index (χ2n) is 3.70. The van der Waals surface area contributed by atoms with E-state index in [9.17, 15) is 0 Å². The molecule has 2 rings (SSSR count). The molecule has 0 fully saturated rings. The largest absolute Gasteiger partial charge is 0.372 e. The maximum Gasteiger partial charge on any atom is 0.0725 e. The third-order valence-electron chi connectivity index (χ3n) is 2.60. The monoisotopic (exact) mass is 176 g/mol. The van der Waals surface area contributed by atoms with Crippen molar-refractivity contribution in [2.75, 3.05) is 0 Å². The molecule has 1 aromatic rings. The van der Waals surface area contributed by atoms with Crippen LogP contribution in [0.15, 0.2) is 18.2 Å². The molecule has 0 radical (unpaired) electrons. The molecule has 0 saturated heterocycles. The average Bonchev–Trinajstić information content (AvgIpc) is 2.61. The van der Waals surface area contributed by atoms with Crippen LogP contribution in [0.2, 0.25) is 0 Å². The van der Waals surface area contributed by atoms with Gasteiger partial charge in [-0.1, -0.05) is 31.5 Å². The lowest BCUT2D eigenvalue weighted by molar-refractivity contribution is 0.134. The highest BCUT2D eigenvalue weighted by atomic mass is 16.5. The van der Waals surface area contributed by atoms with Crippen molar-refractivity contribution in [3.63, 3.8) is 0 Å². The molecule has 1 aliphatic heterocycles. The van der Waals surface area contributed by atoms with Crippen LogP contribution in [-0.2, 0) is 24.4 Å². The first-order valence-electron chi connectivity index (χ1n) is 5.08. The fourth-order valence-electron chi connectivity index (χ4n) is 1.76. The summed E-state index contributed by atoms with van der Waals surface area (Å²) in [6.07, 6.45) is 3.77. The molecule has 0 saturated carbocycles. The molecular formula is C12H16O. The molecule has 1 aromatic carbocycles. The van der Waals surface area contributed by atoms with Gasteiger partial charge >= 0.3 is 0 Å². The Morgan fingerprint density at radius 2 is 2.08 bits per heavy atom. The fraction of sp³-hybridized carbons (Fsp3) is 0.500. The maximum absolute atomic E-state index is 5.37. The number of benzene rings is 1. The molecule has 1 nitrogen and oxygen atoms in total. The lowest BCUT2D eigenvalue weighted by atomic mass is 10.0. The number of fused-ring (bicyclic) bond motifs is 1. The van der Waals surface area contributed by atoms with E-state index in [-0.39, 0.29) is 0 Å². The van der Waals surface area contributed by atoms with Crippen LogP contribution in [0, 0.1) is 0 Å². The summed E-state index contributed by atoms with van der Waals surface area (Å²) >= 11 is 0. The Morgan fingerprint density at radius 3 is 2.92 bits per heavy atom. The van der Waals surface area contributed by atoms with Gasteiger partial charge in [-0.15, -0.1) is 0 Å². The Balaban J connectivity index is 2.12. The average molecular weight is 176 g/mol. The second kappa shape index (κ2) is 3.93. The highest BCUT2D eigenvalue weighted by Gasteiger charge is 2.10. The van der Waals surface area contributed by atoms with Gasteiger partial charge in [0, 0.05) is 0 Å². The van der Waals surface area contributed by atoms with Crippen molar-refractivity contribution in [1.82, 2.24) is 0 Å². The van der Waals surface area contributed by atoms with Crippen molar-refractivity contribution in [2.45, 2.75) is 39.4 Å². The third-order valence-corrected chi connectivity index (χ3v) is 2.60. The van der Waals surface area contributed by atoms with Gasteiger partial charge in [-0.2, -0.15) is 0 Å². The van der Waals surface area contributed by atoms with Crippen molar-refractivity contribution < 1.29 is 4.74 Å². The minimum atomic E-state index is 0.809. The molecule has 1 aliphatic rings. The summed E-state index contributed by atoms with van der Waals surface area (Å²) in [5.41, 5.74) is 4.24. The van der Waals surface area contributed by atoms with Crippen molar-refractivity contribution in [3.05, 3.63) is 34.9 Å². The molecule has 0 aliphatic carbocycles. The van der Waals surface area contributed by atoms with Gasteiger partial charge in [-0.05, 0) is 29.5 Å². The van der Waals surface area contributed by atoms with Gasteiger partial charge in [0.2, 0.25) is 0 Å². The van der Waals surface area contributed by atoms with Crippen LogP contribution in [0.3, 0.4) is 0 Å². The Morgan fingerprint density at radius 1 is 1.23 bits per heavy atom. The zero-order valence-corrected chi connectivity index (χ0v) is 8.18. The minimum Gasteiger partial charge on any atom is -0.372 e. The normalized spacial score (nSPS) is 14.5. The topological polar surface area (TPSA) is 9.23 Å². The summed E-state index contributed by atoms with van der Waals surface area (Å²) < 4.78 is 5.37. The van der Waals surface area contributed by atoms with Crippen LogP contribution >= 0.6 is 0 Å². The molecule has 0 unspecified atom stereocenters. The number of hydrogen-bond donors (Lipinski definition) is 0.